The summed E-state index contributed by atoms with van der Waals surface area (Å²) < 4.78 is 0. The summed E-state index contributed by atoms with van der Waals surface area (Å²) >= 11 is 0. The summed E-state index contributed by atoms with van der Waals surface area (Å²) in [6.07, 6.45) is 2.55. The lowest BCUT2D eigenvalue weighted by Gasteiger charge is -2.35. The molecule has 2 unspecified atom stereocenters. The molecular formula is C16H24N2. The molecule has 2 atom stereocenters. The first-order valence-electron chi connectivity index (χ1n) is 7.30. The van der Waals surface area contributed by atoms with Gasteiger partial charge in [0.05, 0.1) is 0 Å². The normalized spacial score (nSPS) is 27.9. The molecule has 1 fully saturated rings. The van der Waals surface area contributed by atoms with Gasteiger partial charge in [0, 0.05) is 25.3 Å². The van der Waals surface area contributed by atoms with Crippen LogP contribution in [-0.4, -0.2) is 24.5 Å². The van der Waals surface area contributed by atoms with Crippen molar-refractivity contribution >= 4 is 5.69 Å². The molecule has 0 aliphatic carbocycles. The standard InChI is InChI=1S/C16H24N2/c1-12-6-8-18(10-13(12)2)11-14-3-4-16-15(9-14)5-7-17-16/h3-4,9,12-13,17H,5-8,10-11H2,1-2H3. The Morgan fingerprint density at radius 2 is 2.17 bits per heavy atom. The molecule has 98 valence electrons. The first-order chi connectivity index (χ1) is 8.72. The Hall–Kier alpha value is -1.02. The van der Waals surface area contributed by atoms with Crippen molar-refractivity contribution in [1.82, 2.24) is 4.90 Å². The lowest BCUT2D eigenvalue weighted by molar-refractivity contribution is 0.132. The number of rotatable bonds is 2. The third-order valence-electron chi connectivity index (χ3n) is 4.70. The van der Waals surface area contributed by atoms with Crippen molar-refractivity contribution in [3.8, 4) is 0 Å². The molecule has 0 saturated carbocycles. The van der Waals surface area contributed by atoms with E-state index < -0.39 is 0 Å². The van der Waals surface area contributed by atoms with E-state index in [2.05, 4.69) is 42.3 Å². The zero-order chi connectivity index (χ0) is 12.5. The molecule has 2 nitrogen and oxygen atoms in total. The number of fused-ring (bicyclic) bond motifs is 1. The highest BCUT2D eigenvalue weighted by molar-refractivity contribution is 5.56. The van der Waals surface area contributed by atoms with Crippen LogP contribution in [0.1, 0.15) is 31.4 Å². The number of nitrogens with zero attached hydrogens (tertiary/aromatic N) is 1. The van der Waals surface area contributed by atoms with Crippen LogP contribution in [0, 0.1) is 11.8 Å². The minimum atomic E-state index is 0.842. The number of benzene rings is 1. The second-order valence-electron chi connectivity index (χ2n) is 6.15. The quantitative estimate of drug-likeness (QED) is 0.860. The number of likely N-dealkylation sites (tertiary alicyclic amines) is 1. The van der Waals surface area contributed by atoms with Crippen molar-refractivity contribution in [3.05, 3.63) is 29.3 Å². The summed E-state index contributed by atoms with van der Waals surface area (Å²) in [5.74, 6) is 1.74. The smallest absolute Gasteiger partial charge is 0.0373 e. The van der Waals surface area contributed by atoms with Gasteiger partial charge in [-0.25, -0.2) is 0 Å². The fraction of sp³-hybridized carbons (Fsp3) is 0.625. The summed E-state index contributed by atoms with van der Waals surface area (Å²) in [7, 11) is 0. The van der Waals surface area contributed by atoms with Gasteiger partial charge in [-0.15, -0.1) is 0 Å². The van der Waals surface area contributed by atoms with Crippen LogP contribution in [0.25, 0.3) is 0 Å². The van der Waals surface area contributed by atoms with E-state index in [9.17, 15) is 0 Å². The van der Waals surface area contributed by atoms with E-state index in [1.54, 1.807) is 0 Å². The van der Waals surface area contributed by atoms with Crippen LogP contribution in [0.4, 0.5) is 5.69 Å². The minimum absolute atomic E-state index is 0.842. The highest BCUT2D eigenvalue weighted by Crippen LogP contribution is 2.26. The zero-order valence-electron chi connectivity index (χ0n) is 11.6. The van der Waals surface area contributed by atoms with Crippen molar-refractivity contribution < 1.29 is 0 Å². The van der Waals surface area contributed by atoms with Gasteiger partial charge in [-0.3, -0.25) is 4.90 Å². The average Bonchev–Trinajstić information content (AvgIpc) is 2.81. The van der Waals surface area contributed by atoms with E-state index in [0.717, 1.165) is 24.9 Å². The average molecular weight is 244 g/mol. The van der Waals surface area contributed by atoms with Crippen LogP contribution >= 0.6 is 0 Å². The summed E-state index contributed by atoms with van der Waals surface area (Å²) in [6.45, 7) is 9.55. The second kappa shape index (κ2) is 4.93. The van der Waals surface area contributed by atoms with Gasteiger partial charge in [-0.05, 0) is 48.4 Å². The predicted molar refractivity (Wildman–Crippen MR) is 76.9 cm³/mol. The van der Waals surface area contributed by atoms with Gasteiger partial charge >= 0.3 is 0 Å². The lowest BCUT2D eigenvalue weighted by Crippen LogP contribution is -2.37. The zero-order valence-corrected chi connectivity index (χ0v) is 11.6. The fourth-order valence-electron chi connectivity index (χ4n) is 3.21. The molecule has 0 aromatic heterocycles. The van der Waals surface area contributed by atoms with Crippen LogP contribution in [0.5, 0.6) is 0 Å². The minimum Gasteiger partial charge on any atom is -0.384 e. The molecule has 2 aliphatic rings. The van der Waals surface area contributed by atoms with E-state index in [1.807, 2.05) is 0 Å². The maximum atomic E-state index is 3.43. The molecule has 2 aliphatic heterocycles. The summed E-state index contributed by atoms with van der Waals surface area (Å²) in [4.78, 5) is 2.62. The summed E-state index contributed by atoms with van der Waals surface area (Å²) in [5.41, 5.74) is 4.34. The molecule has 0 radical (unpaired) electrons. The van der Waals surface area contributed by atoms with E-state index in [-0.39, 0.29) is 0 Å². The molecule has 0 spiro atoms. The molecule has 1 aromatic carbocycles. The number of nitrogens with one attached hydrogen (secondary N) is 1. The Morgan fingerprint density at radius 3 is 3.00 bits per heavy atom. The lowest BCUT2D eigenvalue weighted by atomic mass is 9.88. The van der Waals surface area contributed by atoms with Gasteiger partial charge < -0.3 is 5.32 Å². The molecule has 1 saturated heterocycles. The molecule has 1 N–H and O–H groups in total. The van der Waals surface area contributed by atoms with Gasteiger partial charge in [-0.1, -0.05) is 26.0 Å². The molecule has 18 heavy (non-hydrogen) atoms. The van der Waals surface area contributed by atoms with E-state index in [0.29, 0.717) is 0 Å². The number of hydrogen-bond acceptors (Lipinski definition) is 2. The third-order valence-corrected chi connectivity index (χ3v) is 4.70. The molecule has 3 rings (SSSR count). The Bertz CT molecular complexity index is 427. The van der Waals surface area contributed by atoms with Crippen molar-refractivity contribution in [3.63, 3.8) is 0 Å². The van der Waals surface area contributed by atoms with Gasteiger partial charge in [0.25, 0.3) is 0 Å². The second-order valence-corrected chi connectivity index (χ2v) is 6.15. The van der Waals surface area contributed by atoms with E-state index in [1.165, 1.54) is 42.7 Å². The van der Waals surface area contributed by atoms with Crippen molar-refractivity contribution in [2.45, 2.75) is 33.2 Å². The van der Waals surface area contributed by atoms with Gasteiger partial charge in [-0.2, -0.15) is 0 Å². The number of anilines is 1. The molecule has 0 bridgehead atoms. The maximum Gasteiger partial charge on any atom is 0.0373 e. The monoisotopic (exact) mass is 244 g/mol. The van der Waals surface area contributed by atoms with Crippen LogP contribution in [0.2, 0.25) is 0 Å². The van der Waals surface area contributed by atoms with Gasteiger partial charge in [0.1, 0.15) is 0 Å². The summed E-state index contributed by atoms with van der Waals surface area (Å²) in [6, 6.07) is 6.95. The fourth-order valence-corrected chi connectivity index (χ4v) is 3.21. The first kappa shape index (κ1) is 12.0. The Kier molecular flexibility index (Phi) is 3.29. The Balaban J connectivity index is 1.66. The summed E-state index contributed by atoms with van der Waals surface area (Å²) in [5, 5.41) is 3.43. The van der Waals surface area contributed by atoms with Crippen LogP contribution in [0.3, 0.4) is 0 Å². The molecule has 1 aromatic rings. The highest BCUT2D eigenvalue weighted by atomic mass is 15.1. The largest absolute Gasteiger partial charge is 0.384 e. The van der Waals surface area contributed by atoms with E-state index in [4.69, 9.17) is 0 Å². The maximum absolute atomic E-state index is 3.43. The van der Waals surface area contributed by atoms with Gasteiger partial charge in [0.2, 0.25) is 0 Å². The molecule has 2 heteroatoms. The first-order valence-corrected chi connectivity index (χ1v) is 7.30. The van der Waals surface area contributed by atoms with Crippen molar-refractivity contribution in [1.29, 1.82) is 0 Å². The number of piperidine rings is 1. The Morgan fingerprint density at radius 1 is 1.28 bits per heavy atom. The van der Waals surface area contributed by atoms with Gasteiger partial charge in [0.15, 0.2) is 0 Å². The predicted octanol–water partition coefficient (Wildman–Crippen LogP) is 3.13. The van der Waals surface area contributed by atoms with Crippen molar-refractivity contribution in [2.75, 3.05) is 25.0 Å². The van der Waals surface area contributed by atoms with Crippen molar-refractivity contribution in [2.24, 2.45) is 11.8 Å². The highest BCUT2D eigenvalue weighted by Gasteiger charge is 2.22. The topological polar surface area (TPSA) is 15.3 Å². The SMILES string of the molecule is CC1CCN(Cc2ccc3c(c2)CCN3)CC1C. The molecule has 2 heterocycles. The molecule has 0 amide bonds. The van der Waals surface area contributed by atoms with E-state index >= 15 is 0 Å². The van der Waals surface area contributed by atoms with Crippen LogP contribution < -0.4 is 5.32 Å². The van der Waals surface area contributed by atoms with Crippen LogP contribution in [0.15, 0.2) is 18.2 Å². The number of hydrogen-bond donors (Lipinski definition) is 1. The Labute approximate surface area is 110 Å². The van der Waals surface area contributed by atoms with Crippen LogP contribution in [-0.2, 0) is 13.0 Å². The molecular weight excluding hydrogens is 220 g/mol. The third kappa shape index (κ3) is 2.39.